The number of rotatable bonds is 8. The second-order valence-corrected chi connectivity index (χ2v) is 18.5. The predicted molar refractivity (Wildman–Crippen MR) is 79.5 cm³/mol. The Bertz CT molecular complexity index is 233. The summed E-state index contributed by atoms with van der Waals surface area (Å²) in [6.07, 6.45) is -0.882. The Labute approximate surface area is 114 Å². The number of aliphatic hydroxyl groups is 2. The Morgan fingerprint density at radius 1 is 0.889 bits per heavy atom. The highest BCUT2D eigenvalue weighted by Gasteiger charge is 2.43. The molecule has 0 spiro atoms. The van der Waals surface area contributed by atoms with Crippen molar-refractivity contribution in [1.82, 2.24) is 0 Å². The SMILES string of the molecule is C[Si](C)(C)O[Si](C)(OCC(O)CO)O[Si](C)(C)C. The van der Waals surface area contributed by atoms with Gasteiger partial charge in [0.25, 0.3) is 0 Å². The average Bonchev–Trinajstić information content (AvgIpc) is 2.07. The first-order valence-electron chi connectivity index (χ1n) is 6.20. The first-order valence-corrected chi connectivity index (χ1v) is 15.2. The van der Waals surface area contributed by atoms with Gasteiger partial charge in [0.15, 0.2) is 16.6 Å². The number of aliphatic hydroxyl groups excluding tert-OH is 2. The van der Waals surface area contributed by atoms with Gasteiger partial charge in [-0.15, -0.1) is 0 Å². The van der Waals surface area contributed by atoms with Crippen LogP contribution >= 0.6 is 0 Å². The standard InChI is InChI=1S/C10H28O5Si3/c1-16(2,3)14-18(7,15-17(4,5)6)13-9-10(12)8-11/h10-12H,8-9H2,1-7H3. The maximum absolute atomic E-state index is 9.38. The second-order valence-electron chi connectivity index (χ2n) is 6.44. The smallest absolute Gasteiger partial charge is 0.417 e. The lowest BCUT2D eigenvalue weighted by Gasteiger charge is -2.37. The molecule has 5 nitrogen and oxygen atoms in total. The maximum atomic E-state index is 9.38. The van der Waals surface area contributed by atoms with Crippen LogP contribution in [0.25, 0.3) is 0 Å². The number of hydrogen-bond donors (Lipinski definition) is 2. The molecule has 0 aliphatic carbocycles. The zero-order chi connectivity index (χ0) is 14.6. The van der Waals surface area contributed by atoms with Crippen molar-refractivity contribution >= 4 is 25.4 Å². The molecular weight excluding hydrogens is 284 g/mol. The van der Waals surface area contributed by atoms with Crippen molar-refractivity contribution in [1.29, 1.82) is 0 Å². The van der Waals surface area contributed by atoms with Gasteiger partial charge >= 0.3 is 8.80 Å². The van der Waals surface area contributed by atoms with Crippen LogP contribution in [0.15, 0.2) is 0 Å². The zero-order valence-corrected chi connectivity index (χ0v) is 15.6. The molecule has 18 heavy (non-hydrogen) atoms. The second kappa shape index (κ2) is 6.75. The van der Waals surface area contributed by atoms with Crippen molar-refractivity contribution < 1.29 is 22.9 Å². The Morgan fingerprint density at radius 2 is 1.28 bits per heavy atom. The lowest BCUT2D eigenvalue weighted by atomic mass is 10.4. The van der Waals surface area contributed by atoms with Crippen LogP contribution in [0.1, 0.15) is 0 Å². The van der Waals surface area contributed by atoms with E-state index in [2.05, 4.69) is 39.3 Å². The fourth-order valence-corrected chi connectivity index (χ4v) is 11.9. The Hall–Kier alpha value is 0.451. The Morgan fingerprint density at radius 3 is 1.56 bits per heavy atom. The maximum Gasteiger partial charge on any atom is 0.476 e. The molecule has 0 fully saturated rings. The van der Waals surface area contributed by atoms with Crippen LogP contribution in [-0.2, 0) is 12.7 Å². The summed E-state index contributed by atoms with van der Waals surface area (Å²) in [5.41, 5.74) is 0. The van der Waals surface area contributed by atoms with Crippen LogP contribution in [-0.4, -0.2) is 55.0 Å². The summed E-state index contributed by atoms with van der Waals surface area (Å²) in [7, 11) is -6.32. The van der Waals surface area contributed by atoms with E-state index >= 15 is 0 Å². The van der Waals surface area contributed by atoms with Crippen LogP contribution < -0.4 is 0 Å². The highest BCUT2D eigenvalue weighted by Crippen LogP contribution is 2.21. The molecule has 1 unspecified atom stereocenters. The molecule has 0 amide bonds. The van der Waals surface area contributed by atoms with Gasteiger partial charge in [-0.25, -0.2) is 0 Å². The molecule has 0 aromatic rings. The van der Waals surface area contributed by atoms with Crippen molar-refractivity contribution in [3.63, 3.8) is 0 Å². The van der Waals surface area contributed by atoms with E-state index in [1.807, 2.05) is 6.55 Å². The minimum atomic E-state index is -2.75. The van der Waals surface area contributed by atoms with Crippen molar-refractivity contribution in [3.8, 4) is 0 Å². The quantitative estimate of drug-likeness (QED) is 0.667. The van der Waals surface area contributed by atoms with Gasteiger partial charge in [-0.3, -0.25) is 0 Å². The van der Waals surface area contributed by atoms with Gasteiger partial charge in [-0.1, -0.05) is 0 Å². The van der Waals surface area contributed by atoms with Gasteiger partial charge in [0.05, 0.1) is 19.3 Å². The van der Waals surface area contributed by atoms with Crippen LogP contribution in [0.2, 0.25) is 45.8 Å². The van der Waals surface area contributed by atoms with E-state index in [4.69, 9.17) is 17.8 Å². The molecule has 0 radical (unpaired) electrons. The van der Waals surface area contributed by atoms with Gasteiger partial charge in [-0.05, 0) is 39.3 Å². The third-order valence-electron chi connectivity index (χ3n) is 1.73. The van der Waals surface area contributed by atoms with Crippen molar-refractivity contribution in [3.05, 3.63) is 0 Å². The van der Waals surface area contributed by atoms with E-state index in [1.54, 1.807) is 0 Å². The van der Waals surface area contributed by atoms with Gasteiger partial charge in [0, 0.05) is 6.55 Å². The molecule has 0 heterocycles. The zero-order valence-electron chi connectivity index (χ0n) is 12.6. The molecule has 0 saturated heterocycles. The largest absolute Gasteiger partial charge is 0.476 e. The third-order valence-corrected chi connectivity index (χ3v) is 10.3. The van der Waals surface area contributed by atoms with Crippen molar-refractivity contribution in [2.24, 2.45) is 0 Å². The summed E-state index contributed by atoms with van der Waals surface area (Å²) in [6.45, 7) is 14.1. The molecule has 1 atom stereocenters. The first-order chi connectivity index (χ1) is 7.87. The average molecular weight is 313 g/mol. The molecule has 0 bridgehead atoms. The molecule has 8 heteroatoms. The number of hydrogen-bond acceptors (Lipinski definition) is 5. The van der Waals surface area contributed by atoms with E-state index in [0.717, 1.165) is 0 Å². The summed E-state index contributed by atoms with van der Waals surface area (Å²) < 4.78 is 17.8. The van der Waals surface area contributed by atoms with Crippen LogP contribution in [0.3, 0.4) is 0 Å². The highest BCUT2D eigenvalue weighted by atomic mass is 28.5. The van der Waals surface area contributed by atoms with Crippen molar-refractivity contribution in [2.45, 2.75) is 51.9 Å². The molecule has 0 aromatic heterocycles. The van der Waals surface area contributed by atoms with E-state index in [0.29, 0.717) is 0 Å². The van der Waals surface area contributed by atoms with Gasteiger partial charge in [0.2, 0.25) is 0 Å². The third kappa shape index (κ3) is 9.39. The van der Waals surface area contributed by atoms with Crippen LogP contribution in [0.4, 0.5) is 0 Å². The molecule has 2 N–H and O–H groups in total. The van der Waals surface area contributed by atoms with Gasteiger partial charge < -0.3 is 22.9 Å². The topological polar surface area (TPSA) is 68.2 Å². The molecular formula is C10H28O5Si3. The molecule has 0 aromatic carbocycles. The summed E-state index contributed by atoms with van der Waals surface area (Å²) in [6, 6.07) is 0. The molecule has 0 rings (SSSR count). The van der Waals surface area contributed by atoms with Crippen LogP contribution in [0.5, 0.6) is 0 Å². The fraction of sp³-hybridized carbons (Fsp3) is 1.00. The minimum Gasteiger partial charge on any atom is -0.417 e. The summed E-state index contributed by atoms with van der Waals surface area (Å²) in [4.78, 5) is 0. The van der Waals surface area contributed by atoms with Crippen LogP contribution in [0, 0.1) is 0 Å². The summed E-state index contributed by atoms with van der Waals surface area (Å²) in [5, 5.41) is 18.2. The van der Waals surface area contributed by atoms with Crippen molar-refractivity contribution in [2.75, 3.05) is 13.2 Å². The van der Waals surface area contributed by atoms with E-state index in [9.17, 15) is 5.11 Å². The lowest BCUT2D eigenvalue weighted by Crippen LogP contribution is -2.55. The minimum absolute atomic E-state index is 0.0498. The Balaban J connectivity index is 4.70. The summed E-state index contributed by atoms with van der Waals surface area (Å²) >= 11 is 0. The molecule has 110 valence electrons. The van der Waals surface area contributed by atoms with E-state index in [1.165, 1.54) is 0 Å². The fourth-order valence-electron chi connectivity index (χ4n) is 1.49. The van der Waals surface area contributed by atoms with E-state index in [-0.39, 0.29) is 13.2 Å². The first kappa shape index (κ1) is 18.5. The monoisotopic (exact) mass is 312 g/mol. The summed E-state index contributed by atoms with van der Waals surface area (Å²) in [5.74, 6) is 0. The highest BCUT2D eigenvalue weighted by molar-refractivity contribution is 6.85. The molecule has 0 saturated carbocycles. The molecule has 0 aliphatic rings. The van der Waals surface area contributed by atoms with E-state index < -0.39 is 31.5 Å². The molecule has 0 aliphatic heterocycles. The Kier molecular flexibility index (Phi) is 6.92. The predicted octanol–water partition coefficient (Wildman–Crippen LogP) is 1.63. The normalized spacial score (nSPS) is 15.8. The van der Waals surface area contributed by atoms with Gasteiger partial charge in [-0.2, -0.15) is 0 Å². The lowest BCUT2D eigenvalue weighted by molar-refractivity contribution is 0.0316. The van der Waals surface area contributed by atoms with Gasteiger partial charge in [0.1, 0.15) is 0 Å².